The van der Waals surface area contributed by atoms with Crippen LogP contribution in [0.25, 0.3) is 11.1 Å². The predicted molar refractivity (Wildman–Crippen MR) is 225 cm³/mol. The van der Waals surface area contributed by atoms with Crippen LogP contribution in [-0.2, 0) is 14.3 Å². The topological polar surface area (TPSA) is 71.1 Å². The van der Waals surface area contributed by atoms with Crippen molar-refractivity contribution in [3.05, 3.63) is 78.4 Å². The Hall–Kier alpha value is -3.80. The number of rotatable bonds is 25. The zero-order valence-corrected chi connectivity index (χ0v) is 34.5. The van der Waals surface area contributed by atoms with Gasteiger partial charge in [0.2, 0.25) is 0 Å². The summed E-state index contributed by atoms with van der Waals surface area (Å²) >= 11 is 0. The molecule has 4 aliphatic rings. The van der Waals surface area contributed by atoms with Crippen LogP contribution in [0.4, 0.5) is 0 Å². The molecule has 3 aromatic carbocycles. The van der Waals surface area contributed by atoms with Crippen LogP contribution in [0.3, 0.4) is 0 Å². The first-order valence-electron chi connectivity index (χ1n) is 22.3. The summed E-state index contributed by atoms with van der Waals surface area (Å²) in [4.78, 5) is 25.2. The van der Waals surface area contributed by atoms with Gasteiger partial charge in [-0.25, -0.2) is 4.79 Å². The molecule has 0 radical (unpaired) electrons. The van der Waals surface area contributed by atoms with E-state index in [0.717, 1.165) is 79.1 Å². The zero-order chi connectivity index (χ0) is 39.0. The van der Waals surface area contributed by atoms with Gasteiger partial charge in [-0.1, -0.05) is 95.4 Å². The van der Waals surface area contributed by atoms with Crippen LogP contribution in [-0.4, -0.2) is 31.3 Å². The van der Waals surface area contributed by atoms with Crippen molar-refractivity contribution in [2.75, 3.05) is 13.2 Å². The third-order valence-corrected chi connectivity index (χ3v) is 12.6. The van der Waals surface area contributed by atoms with E-state index in [4.69, 9.17) is 18.9 Å². The lowest BCUT2D eigenvalue weighted by molar-refractivity contribution is -0.152. The first-order valence-corrected chi connectivity index (χ1v) is 22.3. The van der Waals surface area contributed by atoms with E-state index >= 15 is 0 Å². The monoisotopic (exact) mass is 765 g/mol. The van der Waals surface area contributed by atoms with Crippen LogP contribution in [0.1, 0.15) is 159 Å². The second-order valence-corrected chi connectivity index (χ2v) is 17.6. The maximum atomic E-state index is 12.6. The first kappa shape index (κ1) is 41.8. The van der Waals surface area contributed by atoms with Gasteiger partial charge in [-0.15, -0.1) is 0 Å². The molecule has 7 rings (SSSR count). The van der Waals surface area contributed by atoms with Gasteiger partial charge in [-0.2, -0.15) is 0 Å². The number of hydrogen-bond donors (Lipinski definition) is 0. The molecule has 3 aromatic rings. The van der Waals surface area contributed by atoms with E-state index in [1.54, 1.807) is 12.1 Å². The van der Waals surface area contributed by atoms with Crippen LogP contribution < -0.4 is 9.47 Å². The first-order chi connectivity index (χ1) is 27.4. The second kappa shape index (κ2) is 21.6. The van der Waals surface area contributed by atoms with Crippen molar-refractivity contribution in [3.63, 3.8) is 0 Å². The molecule has 0 spiro atoms. The summed E-state index contributed by atoms with van der Waals surface area (Å²) < 4.78 is 23.4. The van der Waals surface area contributed by atoms with Crippen LogP contribution in [0.2, 0.25) is 0 Å². The SMILES string of the molecule is CCCCCC[C@H](C)OC(=O)c1ccc(Oc2ccc(-c3ccc(OCCCCCCCCCCCOC(=O)CC45CC6CC(CC(C6)C4)C5)cc3)cc2)cc1. The largest absolute Gasteiger partial charge is 0.494 e. The standard InChI is InChI=1S/C50H68O6/c1-3-4-5-13-16-38(2)55-49(52)44-21-27-47(28-22-44)56-46-25-19-43(20-26-46)42-17-23-45(24-18-42)53-29-14-11-9-7-6-8-10-12-15-30-54-48(51)37-50-34-39-31-40(35-50)33-41(32-39)36-50/h17-28,38-41H,3-16,29-37H2,1-2H3/t38-,39?,40?,41?,50?/m0/s1. The van der Waals surface area contributed by atoms with E-state index in [0.29, 0.717) is 29.8 Å². The van der Waals surface area contributed by atoms with Gasteiger partial charge in [0.05, 0.1) is 31.3 Å². The molecular weight excluding hydrogens is 697 g/mol. The fourth-order valence-electron chi connectivity index (χ4n) is 10.1. The Balaban J connectivity index is 0.765. The lowest BCUT2D eigenvalue weighted by Gasteiger charge is -2.56. The maximum absolute atomic E-state index is 12.6. The molecule has 0 aromatic heterocycles. The molecule has 4 aliphatic carbocycles. The van der Waals surface area contributed by atoms with Gasteiger partial charge in [0, 0.05) is 0 Å². The van der Waals surface area contributed by atoms with E-state index in [1.165, 1.54) is 96.3 Å². The number of ether oxygens (including phenoxy) is 4. The predicted octanol–water partition coefficient (Wildman–Crippen LogP) is 13.7. The summed E-state index contributed by atoms with van der Waals surface area (Å²) in [7, 11) is 0. The molecule has 0 N–H and O–H groups in total. The van der Waals surface area contributed by atoms with Gasteiger partial charge in [0.15, 0.2) is 0 Å². The van der Waals surface area contributed by atoms with Crippen molar-refractivity contribution in [1.82, 2.24) is 0 Å². The Kier molecular flexibility index (Phi) is 16.2. The number of benzene rings is 3. The summed E-state index contributed by atoms with van der Waals surface area (Å²) in [5, 5.41) is 0. The minimum Gasteiger partial charge on any atom is -0.494 e. The van der Waals surface area contributed by atoms with Gasteiger partial charge < -0.3 is 18.9 Å². The van der Waals surface area contributed by atoms with Gasteiger partial charge in [0.25, 0.3) is 0 Å². The fraction of sp³-hybridized carbons (Fsp3) is 0.600. The van der Waals surface area contributed by atoms with Crippen LogP contribution in [0.5, 0.6) is 17.2 Å². The van der Waals surface area contributed by atoms with Gasteiger partial charge in [0.1, 0.15) is 17.2 Å². The van der Waals surface area contributed by atoms with E-state index in [2.05, 4.69) is 31.2 Å². The average molecular weight is 765 g/mol. The molecule has 6 heteroatoms. The van der Waals surface area contributed by atoms with Crippen molar-refractivity contribution in [1.29, 1.82) is 0 Å². The normalized spacial score (nSPS) is 21.4. The molecule has 0 unspecified atom stereocenters. The van der Waals surface area contributed by atoms with Crippen LogP contribution in [0.15, 0.2) is 72.8 Å². The molecule has 1 atom stereocenters. The quantitative estimate of drug-likeness (QED) is 0.0632. The highest BCUT2D eigenvalue weighted by Gasteiger charge is 2.51. The van der Waals surface area contributed by atoms with E-state index in [9.17, 15) is 9.59 Å². The molecule has 4 fully saturated rings. The Labute approximate surface area is 337 Å². The summed E-state index contributed by atoms with van der Waals surface area (Å²) in [6.45, 7) is 5.51. The smallest absolute Gasteiger partial charge is 0.338 e. The van der Waals surface area contributed by atoms with Crippen LogP contribution >= 0.6 is 0 Å². The number of carbonyl (C=O) groups excluding carboxylic acids is 2. The number of carbonyl (C=O) groups is 2. The molecule has 56 heavy (non-hydrogen) atoms. The maximum Gasteiger partial charge on any atom is 0.338 e. The van der Waals surface area contributed by atoms with Gasteiger partial charge >= 0.3 is 11.9 Å². The zero-order valence-electron chi connectivity index (χ0n) is 34.5. The third-order valence-electron chi connectivity index (χ3n) is 12.6. The number of unbranched alkanes of at least 4 members (excludes halogenated alkanes) is 11. The van der Waals surface area contributed by atoms with E-state index in [-0.39, 0.29) is 18.0 Å². The number of hydrogen-bond acceptors (Lipinski definition) is 6. The molecule has 4 bridgehead atoms. The minimum atomic E-state index is -0.289. The van der Waals surface area contributed by atoms with E-state index in [1.807, 2.05) is 43.3 Å². The Bertz CT molecular complexity index is 1580. The van der Waals surface area contributed by atoms with E-state index < -0.39 is 0 Å². The Morgan fingerprint density at radius 3 is 1.64 bits per heavy atom. The summed E-state index contributed by atoms with van der Waals surface area (Å²) in [6.07, 6.45) is 25.1. The lowest BCUT2D eigenvalue weighted by Crippen LogP contribution is -2.47. The molecule has 0 aliphatic heterocycles. The molecule has 6 nitrogen and oxygen atoms in total. The minimum absolute atomic E-state index is 0.0706. The highest BCUT2D eigenvalue weighted by Crippen LogP contribution is 2.61. The Morgan fingerprint density at radius 2 is 1.09 bits per heavy atom. The van der Waals surface area contributed by atoms with Crippen molar-refractivity contribution < 1.29 is 28.5 Å². The average Bonchev–Trinajstić information content (AvgIpc) is 3.18. The second-order valence-electron chi connectivity index (χ2n) is 17.6. The number of esters is 2. The van der Waals surface area contributed by atoms with Gasteiger partial charge in [-0.05, 0) is 154 Å². The summed E-state index contributed by atoms with van der Waals surface area (Å²) in [6, 6.07) is 23.5. The Morgan fingerprint density at radius 1 is 0.607 bits per heavy atom. The highest BCUT2D eigenvalue weighted by atomic mass is 16.5. The summed E-state index contributed by atoms with van der Waals surface area (Å²) in [5.74, 6) is 4.77. The van der Waals surface area contributed by atoms with Gasteiger partial charge in [-0.3, -0.25) is 4.79 Å². The summed E-state index contributed by atoms with van der Waals surface area (Å²) in [5.41, 5.74) is 3.06. The third kappa shape index (κ3) is 13.1. The fourth-order valence-corrected chi connectivity index (χ4v) is 10.1. The molecule has 0 amide bonds. The molecular formula is C50H68O6. The van der Waals surface area contributed by atoms with Crippen LogP contribution in [0, 0.1) is 23.2 Å². The van der Waals surface area contributed by atoms with Crippen molar-refractivity contribution in [3.8, 4) is 28.4 Å². The molecule has 304 valence electrons. The highest BCUT2D eigenvalue weighted by molar-refractivity contribution is 5.89. The van der Waals surface area contributed by atoms with Crippen molar-refractivity contribution in [2.45, 2.75) is 155 Å². The molecule has 0 saturated heterocycles. The van der Waals surface area contributed by atoms with Crippen molar-refractivity contribution >= 4 is 11.9 Å². The molecule has 4 saturated carbocycles. The lowest BCUT2D eigenvalue weighted by atomic mass is 9.49. The van der Waals surface area contributed by atoms with Crippen molar-refractivity contribution in [2.24, 2.45) is 23.2 Å². The molecule has 0 heterocycles.